The van der Waals surface area contributed by atoms with Crippen LogP contribution in [0.3, 0.4) is 0 Å². The molecule has 0 spiro atoms. The van der Waals surface area contributed by atoms with E-state index in [4.69, 9.17) is 17.3 Å². The van der Waals surface area contributed by atoms with Gasteiger partial charge in [-0.15, -0.1) is 0 Å². The summed E-state index contributed by atoms with van der Waals surface area (Å²) in [6.45, 7) is 0. The van der Waals surface area contributed by atoms with Crippen molar-refractivity contribution in [2.45, 2.75) is 4.90 Å². The maximum Gasteiger partial charge on any atom is 0.268 e. The summed E-state index contributed by atoms with van der Waals surface area (Å²) in [4.78, 5) is 7.16. The molecule has 4 N–H and O–H groups in total. The Morgan fingerprint density at radius 3 is 2.82 bits per heavy atom. The van der Waals surface area contributed by atoms with E-state index < -0.39 is 10.0 Å². The lowest BCUT2D eigenvalue weighted by atomic mass is 10.6. The van der Waals surface area contributed by atoms with Gasteiger partial charge in [-0.25, -0.2) is 13.4 Å². The highest BCUT2D eigenvalue weighted by Crippen LogP contribution is 2.18. The van der Waals surface area contributed by atoms with Gasteiger partial charge in [-0.3, -0.25) is 9.82 Å². The van der Waals surface area contributed by atoms with E-state index in [0.29, 0.717) is 0 Å². The molecular formula is C7H7ClN6O2S. The van der Waals surface area contributed by atoms with E-state index in [2.05, 4.69) is 24.9 Å². The van der Waals surface area contributed by atoms with Crippen LogP contribution < -0.4 is 10.5 Å². The highest BCUT2D eigenvalue weighted by molar-refractivity contribution is 7.92. The summed E-state index contributed by atoms with van der Waals surface area (Å²) in [5.74, 6) is -0.0109. The number of nitrogen functional groups attached to an aromatic ring is 1. The van der Waals surface area contributed by atoms with Crippen molar-refractivity contribution in [1.82, 2.24) is 20.2 Å². The molecule has 0 fully saturated rings. The molecule has 0 amide bonds. The number of nitrogens with zero attached hydrogens (tertiary/aromatic N) is 3. The normalized spacial score (nSPS) is 11.4. The van der Waals surface area contributed by atoms with Crippen molar-refractivity contribution in [2.24, 2.45) is 0 Å². The zero-order valence-electron chi connectivity index (χ0n) is 8.25. The van der Waals surface area contributed by atoms with Gasteiger partial charge in [-0.1, -0.05) is 0 Å². The Bertz CT molecular complexity index is 639. The maximum absolute atomic E-state index is 11.8. The summed E-state index contributed by atoms with van der Waals surface area (Å²) in [7, 11) is -3.84. The molecule has 8 nitrogen and oxygen atoms in total. The fourth-order valence-electron chi connectivity index (χ4n) is 1.08. The topological polar surface area (TPSA) is 127 Å². The number of halogens is 1. The molecule has 0 aromatic carbocycles. The standard InChI is InChI=1S/C7H7ClN6O2S/c8-7-10-2-1-5(12-7)14-17(15,16)4-3-11-13-6(4)9/h1-3H,(H3,9,11,13)(H,10,12,14). The number of rotatable bonds is 3. The van der Waals surface area contributed by atoms with Crippen LogP contribution in [0.2, 0.25) is 5.28 Å². The third-order valence-electron chi connectivity index (χ3n) is 1.79. The predicted molar refractivity (Wildman–Crippen MR) is 60.9 cm³/mol. The van der Waals surface area contributed by atoms with E-state index in [0.717, 1.165) is 6.20 Å². The minimum atomic E-state index is -3.84. The predicted octanol–water partition coefficient (Wildman–Crippen LogP) is 0.236. The minimum absolute atomic E-state index is 0.0469. The van der Waals surface area contributed by atoms with E-state index in [9.17, 15) is 8.42 Å². The Labute approximate surface area is 101 Å². The monoisotopic (exact) mass is 274 g/mol. The number of nitrogens with two attached hydrogens (primary N) is 1. The molecule has 0 aliphatic carbocycles. The number of aromatic amines is 1. The third-order valence-corrected chi connectivity index (χ3v) is 3.35. The number of nitrogens with one attached hydrogen (secondary N) is 2. The van der Waals surface area contributed by atoms with Crippen molar-refractivity contribution in [3.63, 3.8) is 0 Å². The van der Waals surface area contributed by atoms with Crippen LogP contribution in [-0.4, -0.2) is 28.6 Å². The number of hydrogen-bond donors (Lipinski definition) is 3. The number of H-pyrrole nitrogens is 1. The van der Waals surface area contributed by atoms with Gasteiger partial charge in [-0.2, -0.15) is 10.1 Å². The molecule has 2 rings (SSSR count). The van der Waals surface area contributed by atoms with E-state index in [1.807, 2.05) is 0 Å². The zero-order chi connectivity index (χ0) is 12.5. The first-order valence-corrected chi connectivity index (χ1v) is 6.15. The van der Waals surface area contributed by atoms with Crippen LogP contribution in [0.15, 0.2) is 23.4 Å². The summed E-state index contributed by atoms with van der Waals surface area (Å²) < 4.78 is 25.9. The lowest BCUT2D eigenvalue weighted by Gasteiger charge is -2.05. The Morgan fingerprint density at radius 2 is 2.24 bits per heavy atom. The first-order chi connectivity index (χ1) is 7.99. The van der Waals surface area contributed by atoms with Crippen molar-refractivity contribution < 1.29 is 8.42 Å². The van der Waals surface area contributed by atoms with Crippen LogP contribution in [0.1, 0.15) is 0 Å². The molecule has 0 aliphatic rings. The van der Waals surface area contributed by atoms with Crippen LogP contribution in [0.25, 0.3) is 0 Å². The van der Waals surface area contributed by atoms with Gasteiger partial charge in [0.05, 0.1) is 6.20 Å². The molecule has 17 heavy (non-hydrogen) atoms. The minimum Gasteiger partial charge on any atom is -0.383 e. The van der Waals surface area contributed by atoms with Crippen LogP contribution in [0.5, 0.6) is 0 Å². The van der Waals surface area contributed by atoms with Gasteiger partial charge < -0.3 is 5.73 Å². The van der Waals surface area contributed by atoms with Crippen molar-refractivity contribution in [1.29, 1.82) is 0 Å². The molecule has 0 unspecified atom stereocenters. The van der Waals surface area contributed by atoms with Gasteiger partial charge in [0.2, 0.25) is 5.28 Å². The maximum atomic E-state index is 11.8. The number of hydrogen-bond acceptors (Lipinski definition) is 6. The van der Waals surface area contributed by atoms with Crippen LogP contribution in [-0.2, 0) is 10.0 Å². The van der Waals surface area contributed by atoms with Crippen LogP contribution >= 0.6 is 11.6 Å². The van der Waals surface area contributed by atoms with Crippen LogP contribution in [0, 0.1) is 0 Å². The average molecular weight is 275 g/mol. The highest BCUT2D eigenvalue weighted by Gasteiger charge is 2.19. The third kappa shape index (κ3) is 2.45. The van der Waals surface area contributed by atoms with E-state index in [1.165, 1.54) is 12.3 Å². The largest absolute Gasteiger partial charge is 0.383 e. The molecule has 2 aromatic rings. The lowest BCUT2D eigenvalue weighted by Crippen LogP contribution is -2.14. The van der Waals surface area contributed by atoms with E-state index in [-0.39, 0.29) is 21.8 Å². The van der Waals surface area contributed by atoms with Gasteiger partial charge in [0.25, 0.3) is 10.0 Å². The van der Waals surface area contributed by atoms with Gasteiger partial charge in [0, 0.05) is 6.20 Å². The molecule has 0 radical (unpaired) electrons. The molecular weight excluding hydrogens is 268 g/mol. The van der Waals surface area contributed by atoms with Crippen molar-refractivity contribution in [3.05, 3.63) is 23.7 Å². The fraction of sp³-hybridized carbons (Fsp3) is 0. The quantitative estimate of drug-likeness (QED) is 0.688. The zero-order valence-corrected chi connectivity index (χ0v) is 9.83. The molecule has 0 saturated carbocycles. The smallest absolute Gasteiger partial charge is 0.268 e. The molecule has 90 valence electrons. The summed E-state index contributed by atoms with van der Waals surface area (Å²) >= 11 is 5.53. The van der Waals surface area contributed by atoms with Gasteiger partial charge in [0.1, 0.15) is 16.5 Å². The summed E-state index contributed by atoms with van der Waals surface area (Å²) in [6.07, 6.45) is 2.42. The Hall–Kier alpha value is -1.87. The second-order valence-electron chi connectivity index (χ2n) is 2.96. The molecule has 0 saturated heterocycles. The molecule has 0 aliphatic heterocycles. The Balaban J connectivity index is 2.33. The Morgan fingerprint density at radius 1 is 1.47 bits per heavy atom. The second kappa shape index (κ2) is 4.18. The van der Waals surface area contributed by atoms with Gasteiger partial charge >= 0.3 is 0 Å². The molecule has 0 atom stereocenters. The first kappa shape index (κ1) is 11.6. The average Bonchev–Trinajstić information content (AvgIpc) is 2.64. The molecule has 2 heterocycles. The first-order valence-electron chi connectivity index (χ1n) is 4.29. The summed E-state index contributed by atoms with van der Waals surface area (Å²) in [6, 6.07) is 1.36. The van der Waals surface area contributed by atoms with Crippen LogP contribution in [0.4, 0.5) is 11.6 Å². The summed E-state index contributed by atoms with van der Waals surface area (Å²) in [5.41, 5.74) is 5.41. The van der Waals surface area contributed by atoms with Crippen molar-refractivity contribution >= 4 is 33.3 Å². The number of aromatic nitrogens is 4. The number of sulfonamides is 1. The highest BCUT2D eigenvalue weighted by atomic mass is 35.5. The van der Waals surface area contributed by atoms with Crippen molar-refractivity contribution in [2.75, 3.05) is 10.5 Å². The lowest BCUT2D eigenvalue weighted by molar-refractivity contribution is 0.601. The fourth-order valence-corrected chi connectivity index (χ4v) is 2.26. The molecule has 0 bridgehead atoms. The van der Waals surface area contributed by atoms with Crippen molar-refractivity contribution in [3.8, 4) is 0 Å². The summed E-state index contributed by atoms with van der Waals surface area (Å²) in [5, 5.41) is 5.78. The van der Waals surface area contributed by atoms with Gasteiger partial charge in [-0.05, 0) is 17.7 Å². The SMILES string of the molecule is Nc1[nH]ncc1S(=O)(=O)Nc1ccnc(Cl)n1. The molecule has 2 aromatic heterocycles. The number of anilines is 2. The molecule has 10 heteroatoms. The van der Waals surface area contributed by atoms with Gasteiger partial charge in [0.15, 0.2) is 0 Å². The van der Waals surface area contributed by atoms with E-state index >= 15 is 0 Å². The second-order valence-corrected chi connectivity index (χ2v) is 4.95. The van der Waals surface area contributed by atoms with E-state index in [1.54, 1.807) is 0 Å². The Kier molecular flexibility index (Phi) is 2.86.